The molecule has 1 aliphatic rings. The summed E-state index contributed by atoms with van der Waals surface area (Å²) in [6.07, 6.45) is -1.21. The highest BCUT2D eigenvalue weighted by atomic mass is 32.2. The van der Waals surface area contributed by atoms with E-state index in [9.17, 15) is 52.7 Å². The second-order valence-corrected chi connectivity index (χ2v) is 19.0. The first-order chi connectivity index (χ1) is 33.7. The molecule has 2 aromatic carbocycles. The van der Waals surface area contributed by atoms with E-state index in [-0.39, 0.29) is 62.5 Å². The number of Topliss-reactive ketones (excluding diaryl/α,β-unsaturated/α-hetero) is 4. The molecule has 1 aliphatic heterocycles. The smallest absolute Gasteiger partial charge is 0.245 e. The molecule has 388 valence electrons. The van der Waals surface area contributed by atoms with E-state index in [1.54, 1.807) is 88.4 Å². The van der Waals surface area contributed by atoms with Crippen LogP contribution in [-0.2, 0) is 65.7 Å². The van der Waals surface area contributed by atoms with E-state index in [2.05, 4.69) is 37.5 Å². The van der Waals surface area contributed by atoms with E-state index in [0.29, 0.717) is 17.5 Å². The molecular formula is C48H69N11O11S. The number of nitrogens with zero attached hydrogens (tertiary/aromatic N) is 1. The number of nitrogens with one attached hydrogen (secondary N) is 7. The van der Waals surface area contributed by atoms with Crippen molar-refractivity contribution in [3.63, 3.8) is 0 Å². The molecule has 0 saturated carbocycles. The van der Waals surface area contributed by atoms with E-state index < -0.39 is 126 Å². The summed E-state index contributed by atoms with van der Waals surface area (Å²) < 4.78 is 0. The summed E-state index contributed by atoms with van der Waals surface area (Å²) in [4.78, 5) is 150. The van der Waals surface area contributed by atoms with Crippen molar-refractivity contribution in [1.82, 2.24) is 42.4 Å². The van der Waals surface area contributed by atoms with Crippen molar-refractivity contribution < 1.29 is 52.7 Å². The maximum atomic E-state index is 14.8. The minimum Gasteiger partial charge on any atom is -0.370 e. The molecule has 1 heterocycles. The van der Waals surface area contributed by atoms with Crippen LogP contribution >= 0.6 is 11.8 Å². The van der Waals surface area contributed by atoms with Crippen molar-refractivity contribution in [1.29, 1.82) is 0 Å². The van der Waals surface area contributed by atoms with Crippen LogP contribution in [-0.4, -0.2) is 130 Å². The monoisotopic (exact) mass is 1010 g/mol. The van der Waals surface area contributed by atoms with Gasteiger partial charge in [0, 0.05) is 31.6 Å². The van der Waals surface area contributed by atoms with Crippen LogP contribution in [0.25, 0.3) is 0 Å². The van der Waals surface area contributed by atoms with Gasteiger partial charge in [0.15, 0.2) is 0 Å². The third-order valence-corrected chi connectivity index (χ3v) is 12.5. The molecule has 13 N–H and O–H groups in total. The number of benzene rings is 2. The topological polar surface area (TPSA) is 353 Å². The van der Waals surface area contributed by atoms with Gasteiger partial charge in [-0.15, -0.1) is 0 Å². The molecule has 0 aromatic heterocycles. The number of carbonyl (C=O) groups is 11. The zero-order chi connectivity index (χ0) is 52.6. The lowest BCUT2D eigenvalue weighted by molar-refractivity contribution is -0.142. The van der Waals surface area contributed by atoms with Gasteiger partial charge in [-0.3, -0.25) is 64.0 Å². The fourth-order valence-electron chi connectivity index (χ4n) is 7.51. The number of thioether (sulfide) groups is 1. The SMILES string of the molecule is CC[C@H](C)C1NN[C@@H](CCC(N)=O)C(=O)N[C@@H](CC(N)=O)C(=O)N[C@H](C(=O)N(CC(=O)N[C@@H](CC(C)C)C(=O)C(=O)CNN)Cc2ccccc2)CCSCCC(=O)N[C@@H](Cc2ccccc2)C(=O)C1=O. The first-order valence-corrected chi connectivity index (χ1v) is 24.7. The van der Waals surface area contributed by atoms with Gasteiger partial charge >= 0.3 is 0 Å². The van der Waals surface area contributed by atoms with Gasteiger partial charge in [-0.2, -0.15) is 11.8 Å². The summed E-state index contributed by atoms with van der Waals surface area (Å²) >= 11 is 1.22. The Morgan fingerprint density at radius 2 is 1.41 bits per heavy atom. The van der Waals surface area contributed by atoms with Crippen molar-refractivity contribution in [2.75, 3.05) is 24.6 Å². The number of hydrazine groups is 2. The molecule has 0 bridgehead atoms. The van der Waals surface area contributed by atoms with E-state index in [4.69, 9.17) is 17.3 Å². The number of ketones is 4. The van der Waals surface area contributed by atoms with Crippen LogP contribution in [0.4, 0.5) is 0 Å². The Labute approximate surface area is 417 Å². The van der Waals surface area contributed by atoms with Gasteiger partial charge in [0.1, 0.15) is 18.1 Å². The van der Waals surface area contributed by atoms with Crippen molar-refractivity contribution >= 4 is 76.2 Å². The lowest BCUT2D eigenvalue weighted by atomic mass is 9.90. The second-order valence-electron chi connectivity index (χ2n) is 17.8. The van der Waals surface area contributed by atoms with Crippen molar-refractivity contribution in [2.24, 2.45) is 29.1 Å². The van der Waals surface area contributed by atoms with Crippen molar-refractivity contribution in [3.05, 3.63) is 71.8 Å². The fraction of sp³-hybridized carbons (Fsp3) is 0.521. The summed E-state index contributed by atoms with van der Waals surface area (Å²) in [5.41, 5.74) is 19.9. The van der Waals surface area contributed by atoms with Crippen LogP contribution in [0.2, 0.25) is 0 Å². The summed E-state index contributed by atoms with van der Waals surface area (Å²) in [5, 5.41) is 10.4. The zero-order valence-corrected chi connectivity index (χ0v) is 41.5. The van der Waals surface area contributed by atoms with Gasteiger partial charge in [0.25, 0.3) is 0 Å². The van der Waals surface area contributed by atoms with Crippen LogP contribution in [0.1, 0.15) is 83.8 Å². The lowest BCUT2D eigenvalue weighted by Crippen LogP contribution is -2.61. The highest BCUT2D eigenvalue weighted by Gasteiger charge is 2.37. The normalized spacial score (nSPS) is 20.9. The lowest BCUT2D eigenvalue weighted by Gasteiger charge is -2.30. The minimum absolute atomic E-state index is 0.0184. The van der Waals surface area contributed by atoms with Crippen LogP contribution in [0, 0.1) is 11.8 Å². The minimum atomic E-state index is -1.71. The predicted octanol–water partition coefficient (Wildman–Crippen LogP) is -1.47. The average molecular weight is 1010 g/mol. The van der Waals surface area contributed by atoms with Gasteiger partial charge < -0.3 is 37.6 Å². The van der Waals surface area contributed by atoms with Crippen LogP contribution in [0.15, 0.2) is 60.7 Å². The molecule has 0 radical (unpaired) electrons. The largest absolute Gasteiger partial charge is 0.370 e. The molecule has 0 aliphatic carbocycles. The average Bonchev–Trinajstić information content (AvgIpc) is 3.32. The highest BCUT2D eigenvalue weighted by Crippen LogP contribution is 2.16. The molecule has 2 aromatic rings. The van der Waals surface area contributed by atoms with Gasteiger partial charge in [-0.1, -0.05) is 94.8 Å². The number of hydrogen-bond donors (Lipinski definition) is 10. The molecule has 7 atom stereocenters. The van der Waals surface area contributed by atoms with E-state index >= 15 is 0 Å². The van der Waals surface area contributed by atoms with Crippen LogP contribution in [0.5, 0.6) is 0 Å². The van der Waals surface area contributed by atoms with Crippen molar-refractivity contribution in [3.8, 4) is 0 Å². The van der Waals surface area contributed by atoms with E-state index in [0.717, 1.165) is 4.90 Å². The Hall–Kier alpha value is -6.40. The number of carbonyl (C=O) groups excluding carboxylic acids is 11. The molecule has 23 heteroatoms. The number of amides is 7. The number of nitrogens with two attached hydrogens (primary N) is 3. The Morgan fingerprint density at radius 1 is 0.775 bits per heavy atom. The quantitative estimate of drug-likeness (QED) is 0.0388. The molecule has 1 saturated heterocycles. The van der Waals surface area contributed by atoms with Crippen LogP contribution in [0.3, 0.4) is 0 Å². The molecule has 3 rings (SSSR count). The van der Waals surface area contributed by atoms with Gasteiger partial charge in [-0.05, 0) is 48.0 Å². The molecule has 7 amide bonds. The molecule has 0 spiro atoms. The summed E-state index contributed by atoms with van der Waals surface area (Å²) in [7, 11) is 0. The van der Waals surface area contributed by atoms with Crippen molar-refractivity contribution in [2.45, 2.75) is 122 Å². The maximum absolute atomic E-state index is 14.8. The van der Waals surface area contributed by atoms with E-state index in [1.807, 2.05) is 0 Å². The molecule has 22 nitrogen and oxygen atoms in total. The van der Waals surface area contributed by atoms with Crippen LogP contribution < -0.4 is 54.9 Å². The highest BCUT2D eigenvalue weighted by molar-refractivity contribution is 7.99. The van der Waals surface area contributed by atoms with Gasteiger partial charge in [-0.25, -0.2) is 10.9 Å². The molecular weight excluding hydrogens is 939 g/mol. The first kappa shape index (κ1) is 58.9. The molecule has 71 heavy (non-hydrogen) atoms. The number of primary amides is 2. The Morgan fingerprint density at radius 3 is 2.00 bits per heavy atom. The Bertz CT molecular complexity index is 2180. The molecule has 1 unspecified atom stereocenters. The predicted molar refractivity (Wildman–Crippen MR) is 264 cm³/mol. The van der Waals surface area contributed by atoms with E-state index in [1.165, 1.54) is 11.8 Å². The fourth-order valence-corrected chi connectivity index (χ4v) is 8.44. The summed E-state index contributed by atoms with van der Waals surface area (Å²) in [5.74, 6) is -4.63. The molecule has 1 fully saturated rings. The number of hydrogen-bond acceptors (Lipinski definition) is 16. The summed E-state index contributed by atoms with van der Waals surface area (Å²) in [6, 6.07) is 8.96. The third kappa shape index (κ3) is 20.5. The van der Waals surface area contributed by atoms with Gasteiger partial charge in [0.2, 0.25) is 64.5 Å². The standard InChI is InChI=1S/C48H69N11O11S/c1-5-29(4)42-45(67)44(66)35(23-30-12-8-6-9-13-30)53-40(63)19-21-71-20-18-33(55-47(69)36(24-39(50)62)56-46(68)32(57-58-42)16-17-38(49)61)48(70)59(26-31-14-10-7-11-15-31)27-41(64)54-34(22-28(2)3)43(65)37(60)25-52-51/h6-15,28-29,32-36,42,52,57-58H,5,16-27,51H2,1-4H3,(H2,49,61)(H2,50,62)(H,53,63)(H,54,64)(H,55,69)(H,56,68)/t29-,32-,33-,34-,35-,36-,42?/m0/s1. The third-order valence-electron chi connectivity index (χ3n) is 11.5. The first-order valence-electron chi connectivity index (χ1n) is 23.5. The Kier molecular flexibility index (Phi) is 25.2. The zero-order valence-electron chi connectivity index (χ0n) is 40.7. The maximum Gasteiger partial charge on any atom is 0.245 e. The Balaban J connectivity index is 2.09. The second kappa shape index (κ2) is 30.4. The number of rotatable bonds is 21. The van der Waals surface area contributed by atoms with Gasteiger partial charge in [0.05, 0.1) is 37.6 Å². The summed E-state index contributed by atoms with van der Waals surface area (Å²) in [6.45, 7) is 5.75.